The van der Waals surface area contributed by atoms with Crippen molar-refractivity contribution in [1.82, 2.24) is 9.21 Å². The van der Waals surface area contributed by atoms with Crippen molar-refractivity contribution in [1.29, 1.82) is 5.26 Å². The summed E-state index contributed by atoms with van der Waals surface area (Å²) in [5.74, 6) is -0.241. The largest absolute Gasteiger partial charge is 0.337 e. The number of nitrogens with zero attached hydrogens (tertiary/aromatic N) is 3. The van der Waals surface area contributed by atoms with E-state index in [9.17, 15) is 13.2 Å². The minimum Gasteiger partial charge on any atom is -0.337 e. The van der Waals surface area contributed by atoms with Crippen LogP contribution in [0, 0.1) is 11.3 Å². The molecule has 0 radical (unpaired) electrons. The van der Waals surface area contributed by atoms with Crippen molar-refractivity contribution in [3.63, 3.8) is 0 Å². The van der Waals surface area contributed by atoms with Gasteiger partial charge in [0.15, 0.2) is 0 Å². The van der Waals surface area contributed by atoms with Gasteiger partial charge < -0.3 is 4.90 Å². The Morgan fingerprint density at radius 3 is 2.00 bits per heavy atom. The van der Waals surface area contributed by atoms with Crippen molar-refractivity contribution >= 4 is 15.9 Å². The van der Waals surface area contributed by atoms with E-state index < -0.39 is 10.0 Å². The molecule has 1 amide bonds. The predicted octanol–water partition coefficient (Wildman–Crippen LogP) is 1.82. The number of carbonyl (C=O) groups excluding carboxylic acids is 1. The van der Waals surface area contributed by atoms with E-state index in [1.165, 1.54) is 31.3 Å². The number of sulfonamides is 1. The van der Waals surface area contributed by atoms with Gasteiger partial charge in [0.1, 0.15) is 0 Å². The molecular formula is C16H23N3O3S. The van der Waals surface area contributed by atoms with Gasteiger partial charge in [-0.2, -0.15) is 9.57 Å². The molecule has 0 aliphatic carbocycles. The number of carbonyl (C=O) groups is 1. The fraction of sp³-hybridized carbons (Fsp3) is 0.500. The smallest absolute Gasteiger partial charge is 0.243 e. The van der Waals surface area contributed by atoms with Gasteiger partial charge in [0.25, 0.3) is 0 Å². The molecule has 1 aromatic rings. The Labute approximate surface area is 138 Å². The van der Waals surface area contributed by atoms with Crippen LogP contribution in [0.1, 0.15) is 33.3 Å². The monoisotopic (exact) mass is 337 g/mol. The van der Waals surface area contributed by atoms with Gasteiger partial charge in [-0.05, 0) is 52.0 Å². The molecule has 6 nitrogen and oxygen atoms in total. The van der Waals surface area contributed by atoms with Gasteiger partial charge in [-0.25, -0.2) is 8.42 Å². The van der Waals surface area contributed by atoms with Crippen LogP contribution in [-0.4, -0.2) is 49.2 Å². The van der Waals surface area contributed by atoms with E-state index >= 15 is 0 Å². The van der Waals surface area contributed by atoms with Crippen molar-refractivity contribution in [2.24, 2.45) is 0 Å². The van der Waals surface area contributed by atoms with E-state index in [0.717, 1.165) is 4.31 Å². The van der Waals surface area contributed by atoms with Gasteiger partial charge in [-0.1, -0.05) is 0 Å². The zero-order chi connectivity index (χ0) is 17.8. The first-order valence-corrected chi connectivity index (χ1v) is 8.83. The van der Waals surface area contributed by atoms with E-state index in [1.807, 2.05) is 33.8 Å². The highest BCUT2D eigenvalue weighted by atomic mass is 32.2. The molecule has 1 aromatic carbocycles. The molecule has 23 heavy (non-hydrogen) atoms. The van der Waals surface area contributed by atoms with Crippen LogP contribution in [0.15, 0.2) is 29.2 Å². The summed E-state index contributed by atoms with van der Waals surface area (Å²) in [5.41, 5.74) is 0.383. The van der Waals surface area contributed by atoms with Crippen molar-refractivity contribution < 1.29 is 13.2 Å². The number of rotatable bonds is 6. The number of hydrogen-bond acceptors (Lipinski definition) is 4. The lowest BCUT2D eigenvalue weighted by molar-refractivity contribution is -0.134. The van der Waals surface area contributed by atoms with Crippen molar-refractivity contribution in [3.05, 3.63) is 29.8 Å². The van der Waals surface area contributed by atoms with Crippen molar-refractivity contribution in [2.75, 3.05) is 13.6 Å². The third-order valence-electron chi connectivity index (χ3n) is 3.45. The van der Waals surface area contributed by atoms with Gasteiger partial charge >= 0.3 is 0 Å². The maximum absolute atomic E-state index is 12.5. The average molecular weight is 337 g/mol. The summed E-state index contributed by atoms with van der Waals surface area (Å²) in [7, 11) is -2.39. The van der Waals surface area contributed by atoms with E-state index in [4.69, 9.17) is 5.26 Å². The van der Waals surface area contributed by atoms with E-state index in [2.05, 4.69) is 0 Å². The summed E-state index contributed by atoms with van der Waals surface area (Å²) in [6.07, 6.45) is 0. The molecule has 7 heteroatoms. The molecule has 0 saturated carbocycles. The molecule has 1 rings (SSSR count). The highest BCUT2D eigenvalue weighted by Crippen LogP contribution is 2.16. The van der Waals surface area contributed by atoms with Crippen LogP contribution >= 0.6 is 0 Å². The fourth-order valence-electron chi connectivity index (χ4n) is 2.41. The average Bonchev–Trinajstić information content (AvgIpc) is 2.46. The highest BCUT2D eigenvalue weighted by Gasteiger charge is 2.27. The second kappa shape index (κ2) is 7.57. The maximum atomic E-state index is 12.5. The Morgan fingerprint density at radius 2 is 1.61 bits per heavy atom. The van der Waals surface area contributed by atoms with E-state index in [1.54, 1.807) is 4.90 Å². The summed E-state index contributed by atoms with van der Waals surface area (Å²) in [6, 6.07) is 7.55. The molecule has 0 aromatic heterocycles. The minimum absolute atomic E-state index is 0.00600. The van der Waals surface area contributed by atoms with E-state index in [-0.39, 0.29) is 29.4 Å². The van der Waals surface area contributed by atoms with Crippen LogP contribution in [0.25, 0.3) is 0 Å². The van der Waals surface area contributed by atoms with Crippen LogP contribution in [0.3, 0.4) is 0 Å². The second-order valence-electron chi connectivity index (χ2n) is 5.89. The van der Waals surface area contributed by atoms with Crippen molar-refractivity contribution in [3.8, 4) is 6.07 Å². The molecule has 0 N–H and O–H groups in total. The topological polar surface area (TPSA) is 81.5 Å². The fourth-order valence-corrected chi connectivity index (χ4v) is 3.53. The normalized spacial score (nSPS) is 11.8. The number of hydrogen-bond donors (Lipinski definition) is 0. The third-order valence-corrected chi connectivity index (χ3v) is 5.27. The van der Waals surface area contributed by atoms with Crippen LogP contribution in [-0.2, 0) is 14.8 Å². The van der Waals surface area contributed by atoms with Gasteiger partial charge in [0.05, 0.1) is 23.1 Å². The molecule has 0 fully saturated rings. The van der Waals surface area contributed by atoms with Gasteiger partial charge in [-0.15, -0.1) is 0 Å². The molecule has 0 saturated heterocycles. The summed E-state index contributed by atoms with van der Waals surface area (Å²) in [4.78, 5) is 14.1. The first-order chi connectivity index (χ1) is 10.6. The number of benzene rings is 1. The molecule has 0 atom stereocenters. The summed E-state index contributed by atoms with van der Waals surface area (Å²) in [5, 5.41) is 8.76. The highest BCUT2D eigenvalue weighted by molar-refractivity contribution is 7.89. The number of nitriles is 1. The summed E-state index contributed by atoms with van der Waals surface area (Å²) < 4.78 is 26.0. The molecule has 0 spiro atoms. The van der Waals surface area contributed by atoms with E-state index in [0.29, 0.717) is 5.56 Å². The second-order valence-corrected chi connectivity index (χ2v) is 7.93. The first kappa shape index (κ1) is 19.1. The molecule has 126 valence electrons. The molecule has 0 aliphatic rings. The minimum atomic E-state index is -3.77. The number of likely N-dealkylation sites (N-methyl/N-ethyl adjacent to an activating group) is 1. The number of amides is 1. The molecule has 0 heterocycles. The van der Waals surface area contributed by atoms with Gasteiger partial charge in [-0.3, -0.25) is 4.79 Å². The Morgan fingerprint density at radius 1 is 1.13 bits per heavy atom. The zero-order valence-corrected chi connectivity index (χ0v) is 15.0. The first-order valence-electron chi connectivity index (χ1n) is 7.39. The van der Waals surface area contributed by atoms with Crippen LogP contribution in [0.2, 0.25) is 0 Å². The molecule has 0 aliphatic heterocycles. The molecule has 0 unspecified atom stereocenters. The standard InChI is InChI=1S/C16H23N3O3S/c1-12(2)19(13(3)4)16(20)11-18(5)23(21,22)15-8-6-14(10-17)7-9-15/h6-9,12-13H,11H2,1-5H3. The lowest BCUT2D eigenvalue weighted by Crippen LogP contribution is -2.47. The van der Waals surface area contributed by atoms with Crippen LogP contribution < -0.4 is 0 Å². The summed E-state index contributed by atoms with van der Waals surface area (Å²) in [6.45, 7) is 7.36. The Bertz CT molecular complexity index is 680. The van der Waals surface area contributed by atoms with Gasteiger partial charge in [0, 0.05) is 19.1 Å². The lowest BCUT2D eigenvalue weighted by Gasteiger charge is -2.32. The Kier molecular flexibility index (Phi) is 6.30. The lowest BCUT2D eigenvalue weighted by atomic mass is 10.2. The third kappa shape index (κ3) is 4.53. The van der Waals surface area contributed by atoms with Crippen LogP contribution in [0.4, 0.5) is 0 Å². The van der Waals surface area contributed by atoms with Gasteiger partial charge in [0.2, 0.25) is 15.9 Å². The quantitative estimate of drug-likeness (QED) is 0.793. The Balaban J connectivity index is 2.96. The van der Waals surface area contributed by atoms with Crippen LogP contribution in [0.5, 0.6) is 0 Å². The summed E-state index contributed by atoms with van der Waals surface area (Å²) >= 11 is 0. The SMILES string of the molecule is CC(C)N(C(=O)CN(C)S(=O)(=O)c1ccc(C#N)cc1)C(C)C. The maximum Gasteiger partial charge on any atom is 0.243 e. The predicted molar refractivity (Wildman–Crippen MR) is 88.1 cm³/mol. The molecular weight excluding hydrogens is 314 g/mol. The zero-order valence-electron chi connectivity index (χ0n) is 14.1. The molecule has 0 bridgehead atoms. The Hall–Kier alpha value is -1.91. The van der Waals surface area contributed by atoms with Crippen molar-refractivity contribution in [2.45, 2.75) is 44.7 Å².